The zero-order chi connectivity index (χ0) is 11.1. The van der Waals surface area contributed by atoms with E-state index in [0.717, 1.165) is 12.8 Å². The van der Waals surface area contributed by atoms with Crippen LogP contribution in [0.4, 0.5) is 0 Å². The molecular formula is C9H15NO4. The summed E-state index contributed by atoms with van der Waals surface area (Å²) in [4.78, 5) is 21.1. The minimum atomic E-state index is -1.29. The van der Waals surface area contributed by atoms with E-state index in [1.807, 2.05) is 6.92 Å². The third-order valence-corrected chi connectivity index (χ3v) is 1.81. The molecule has 80 valence electrons. The van der Waals surface area contributed by atoms with Gasteiger partial charge in [-0.3, -0.25) is 4.79 Å². The summed E-state index contributed by atoms with van der Waals surface area (Å²) in [6.45, 7) is 1.97. The summed E-state index contributed by atoms with van der Waals surface area (Å²) in [5.41, 5.74) is 4.47. The molecule has 0 aliphatic heterocycles. The molecule has 0 radical (unpaired) electrons. The van der Waals surface area contributed by atoms with E-state index in [2.05, 4.69) is 0 Å². The number of aliphatic hydroxyl groups excluding tert-OH is 1. The van der Waals surface area contributed by atoms with Gasteiger partial charge in [0, 0.05) is 0 Å². The Labute approximate surface area is 82.2 Å². The third kappa shape index (κ3) is 3.93. The summed E-state index contributed by atoms with van der Waals surface area (Å²) in [6.07, 6.45) is 2.57. The molecular weight excluding hydrogens is 186 g/mol. The Kier molecular flexibility index (Phi) is 5.36. The smallest absolute Gasteiger partial charge is 0.335 e. The van der Waals surface area contributed by atoms with Crippen molar-refractivity contribution in [1.82, 2.24) is 0 Å². The molecule has 0 bridgehead atoms. The van der Waals surface area contributed by atoms with Gasteiger partial charge >= 0.3 is 5.97 Å². The summed E-state index contributed by atoms with van der Waals surface area (Å²) < 4.78 is 0. The van der Waals surface area contributed by atoms with Crippen molar-refractivity contribution in [2.24, 2.45) is 5.73 Å². The van der Waals surface area contributed by atoms with Crippen molar-refractivity contribution in [3.8, 4) is 0 Å². The van der Waals surface area contributed by atoms with Gasteiger partial charge in [-0.15, -0.1) is 0 Å². The normalized spacial score (nSPS) is 12.1. The van der Waals surface area contributed by atoms with Crippen LogP contribution < -0.4 is 5.73 Å². The molecule has 4 N–H and O–H groups in total. The number of carboxylic acids is 1. The number of carbonyl (C=O) groups excluding carboxylic acids is 1. The Bertz CT molecular complexity index is 258. The zero-order valence-electron chi connectivity index (χ0n) is 8.12. The molecule has 14 heavy (non-hydrogen) atoms. The van der Waals surface area contributed by atoms with E-state index >= 15 is 0 Å². The second kappa shape index (κ2) is 6.01. The molecule has 0 saturated carbocycles. The van der Waals surface area contributed by atoms with Crippen LogP contribution in [0.15, 0.2) is 11.3 Å². The van der Waals surface area contributed by atoms with Crippen LogP contribution in [0.3, 0.4) is 0 Å². The van der Waals surface area contributed by atoms with Gasteiger partial charge in [-0.2, -0.15) is 0 Å². The molecule has 5 heteroatoms. The standard InChI is InChI=1S/C9H15NO4/c1-2-3-4-5-6(9(13)14)7(11)8(10)12/h11H,2-5H2,1H3,(H2,10,12)(H,13,14). The second-order valence-electron chi connectivity index (χ2n) is 2.95. The molecule has 0 aliphatic rings. The molecule has 0 spiro atoms. The van der Waals surface area contributed by atoms with Crippen LogP contribution >= 0.6 is 0 Å². The number of carbonyl (C=O) groups is 2. The average Bonchev–Trinajstić information content (AvgIpc) is 2.10. The maximum Gasteiger partial charge on any atom is 0.335 e. The summed E-state index contributed by atoms with van der Waals surface area (Å²) in [5, 5.41) is 17.7. The first-order valence-electron chi connectivity index (χ1n) is 4.45. The number of unbranched alkanes of at least 4 members (excludes halogenated alkanes) is 2. The minimum Gasteiger partial charge on any atom is -0.503 e. The lowest BCUT2D eigenvalue weighted by Gasteiger charge is -2.03. The molecule has 5 nitrogen and oxygen atoms in total. The largest absolute Gasteiger partial charge is 0.503 e. The molecule has 0 rings (SSSR count). The Morgan fingerprint density at radius 3 is 2.14 bits per heavy atom. The van der Waals surface area contributed by atoms with Crippen molar-refractivity contribution >= 4 is 11.9 Å². The maximum atomic E-state index is 10.6. The predicted octanol–water partition coefficient (Wildman–Crippen LogP) is 0.949. The molecule has 0 aromatic heterocycles. The van der Waals surface area contributed by atoms with Gasteiger partial charge in [0.05, 0.1) is 5.57 Å². The Hall–Kier alpha value is -1.52. The van der Waals surface area contributed by atoms with Gasteiger partial charge in [-0.05, 0) is 12.8 Å². The molecule has 0 aromatic carbocycles. The highest BCUT2D eigenvalue weighted by Gasteiger charge is 2.17. The fraction of sp³-hybridized carbons (Fsp3) is 0.556. The minimum absolute atomic E-state index is 0.165. The first kappa shape index (κ1) is 12.5. The molecule has 1 amide bonds. The van der Waals surface area contributed by atoms with Crippen LogP contribution in [-0.2, 0) is 9.59 Å². The lowest BCUT2D eigenvalue weighted by atomic mass is 10.1. The number of primary amides is 1. The number of rotatable bonds is 6. The van der Waals surface area contributed by atoms with Gasteiger partial charge in [-0.25, -0.2) is 4.79 Å². The average molecular weight is 201 g/mol. The number of hydrogen-bond acceptors (Lipinski definition) is 3. The maximum absolute atomic E-state index is 10.6. The van der Waals surface area contributed by atoms with Crippen LogP contribution in [0, 0.1) is 0 Å². The second-order valence-corrected chi connectivity index (χ2v) is 2.95. The van der Waals surface area contributed by atoms with Crippen molar-refractivity contribution < 1.29 is 19.8 Å². The molecule has 0 aromatic rings. The van der Waals surface area contributed by atoms with Crippen LogP contribution in [0.2, 0.25) is 0 Å². The summed E-state index contributed by atoms with van der Waals surface area (Å²) in [5.74, 6) is -3.23. The molecule has 0 unspecified atom stereocenters. The van der Waals surface area contributed by atoms with Gasteiger partial charge in [0.25, 0.3) is 5.91 Å². The van der Waals surface area contributed by atoms with Crippen molar-refractivity contribution in [3.63, 3.8) is 0 Å². The van der Waals surface area contributed by atoms with Crippen molar-refractivity contribution in [2.45, 2.75) is 32.6 Å². The number of amides is 1. The first-order chi connectivity index (χ1) is 6.50. The number of aliphatic carboxylic acids is 1. The van der Waals surface area contributed by atoms with Gasteiger partial charge in [0.2, 0.25) is 0 Å². The van der Waals surface area contributed by atoms with E-state index in [1.54, 1.807) is 0 Å². The fourth-order valence-corrected chi connectivity index (χ4v) is 1.03. The van der Waals surface area contributed by atoms with Gasteiger partial charge < -0.3 is 15.9 Å². The molecule has 0 fully saturated rings. The summed E-state index contributed by atoms with van der Waals surface area (Å²) >= 11 is 0. The monoisotopic (exact) mass is 201 g/mol. The van der Waals surface area contributed by atoms with E-state index in [1.165, 1.54) is 0 Å². The van der Waals surface area contributed by atoms with Crippen LogP contribution in [0.5, 0.6) is 0 Å². The SMILES string of the molecule is CCCCCC(C(=O)O)=C(O)C(N)=O. The van der Waals surface area contributed by atoms with Gasteiger partial charge in [-0.1, -0.05) is 19.8 Å². The van der Waals surface area contributed by atoms with E-state index < -0.39 is 17.6 Å². The van der Waals surface area contributed by atoms with Crippen molar-refractivity contribution in [3.05, 3.63) is 11.3 Å². The fourth-order valence-electron chi connectivity index (χ4n) is 1.03. The van der Waals surface area contributed by atoms with Gasteiger partial charge in [0.1, 0.15) is 0 Å². The van der Waals surface area contributed by atoms with Crippen LogP contribution in [0.1, 0.15) is 32.6 Å². The number of aliphatic hydroxyl groups is 1. The lowest BCUT2D eigenvalue weighted by Crippen LogP contribution is -2.18. The predicted molar refractivity (Wildman–Crippen MR) is 50.6 cm³/mol. The third-order valence-electron chi connectivity index (χ3n) is 1.81. The van der Waals surface area contributed by atoms with E-state index in [9.17, 15) is 9.59 Å². The quantitative estimate of drug-likeness (QED) is 0.338. The number of hydrogen-bond donors (Lipinski definition) is 3. The summed E-state index contributed by atoms with van der Waals surface area (Å²) in [7, 11) is 0. The lowest BCUT2D eigenvalue weighted by molar-refractivity contribution is -0.133. The topological polar surface area (TPSA) is 101 Å². The highest BCUT2D eigenvalue weighted by Crippen LogP contribution is 2.12. The van der Waals surface area contributed by atoms with E-state index in [0.29, 0.717) is 6.42 Å². The zero-order valence-corrected chi connectivity index (χ0v) is 8.12. The summed E-state index contributed by atoms with van der Waals surface area (Å²) in [6, 6.07) is 0. The van der Waals surface area contributed by atoms with Gasteiger partial charge in [0.15, 0.2) is 5.76 Å². The Morgan fingerprint density at radius 2 is 1.79 bits per heavy atom. The molecule has 0 aliphatic carbocycles. The molecule has 0 saturated heterocycles. The van der Waals surface area contributed by atoms with Crippen molar-refractivity contribution in [1.29, 1.82) is 0 Å². The van der Waals surface area contributed by atoms with E-state index in [-0.39, 0.29) is 12.0 Å². The highest BCUT2D eigenvalue weighted by molar-refractivity contribution is 5.99. The first-order valence-corrected chi connectivity index (χ1v) is 4.45. The Balaban J connectivity index is 4.52. The number of nitrogens with two attached hydrogens (primary N) is 1. The van der Waals surface area contributed by atoms with E-state index in [4.69, 9.17) is 15.9 Å². The Morgan fingerprint density at radius 1 is 1.21 bits per heavy atom. The highest BCUT2D eigenvalue weighted by atomic mass is 16.4. The van der Waals surface area contributed by atoms with Crippen LogP contribution in [0.25, 0.3) is 0 Å². The van der Waals surface area contributed by atoms with Crippen molar-refractivity contribution in [2.75, 3.05) is 0 Å². The molecule has 0 atom stereocenters. The molecule has 0 heterocycles. The number of carboxylic acid groups (broad SMARTS) is 1. The van der Waals surface area contributed by atoms with Crippen LogP contribution in [-0.4, -0.2) is 22.1 Å².